The lowest BCUT2D eigenvalue weighted by molar-refractivity contribution is -0.385. The molecule has 3 N–H and O–H groups in total. The standard InChI is InChI=1S/C28H25N3O8/c1-38-26-15-18(9-13-24(26)33)7-11-20(29-30-28(35)22-5-3-4-6-23(22)31(36)37)17-21(32)12-8-19-10-14-25(34)27(16-19)39-2/h3-16,33-34H,17H2,1-2H3,(H,30,35)/b11-7+,12-8+,29-20+. The molecule has 39 heavy (non-hydrogen) atoms. The fraction of sp³-hybridized carbons (Fsp3) is 0.107. The van der Waals surface area contributed by atoms with Crippen LogP contribution in [0.1, 0.15) is 27.9 Å². The van der Waals surface area contributed by atoms with Crippen molar-refractivity contribution in [2.75, 3.05) is 14.2 Å². The van der Waals surface area contributed by atoms with Crippen molar-refractivity contribution >= 4 is 35.2 Å². The molecule has 0 aromatic heterocycles. The summed E-state index contributed by atoms with van der Waals surface area (Å²) in [6, 6.07) is 14.6. The molecule has 0 radical (unpaired) electrons. The molecular formula is C28H25N3O8. The van der Waals surface area contributed by atoms with Crippen LogP contribution in [0.25, 0.3) is 12.2 Å². The predicted molar refractivity (Wildman–Crippen MR) is 145 cm³/mol. The number of carbonyl (C=O) groups is 2. The number of ketones is 1. The van der Waals surface area contributed by atoms with Crippen molar-refractivity contribution in [3.05, 3.63) is 99.6 Å². The quantitative estimate of drug-likeness (QED) is 0.141. The van der Waals surface area contributed by atoms with Gasteiger partial charge < -0.3 is 19.7 Å². The summed E-state index contributed by atoms with van der Waals surface area (Å²) in [5, 5.41) is 34.8. The van der Waals surface area contributed by atoms with Gasteiger partial charge in [0.25, 0.3) is 11.6 Å². The average molecular weight is 532 g/mol. The Morgan fingerprint density at radius 2 is 1.49 bits per heavy atom. The number of nitrogens with one attached hydrogen (secondary N) is 1. The fourth-order valence-corrected chi connectivity index (χ4v) is 3.36. The zero-order valence-electron chi connectivity index (χ0n) is 21.0. The summed E-state index contributed by atoms with van der Waals surface area (Å²) in [7, 11) is 2.81. The van der Waals surface area contributed by atoms with E-state index in [0.29, 0.717) is 11.1 Å². The van der Waals surface area contributed by atoms with Gasteiger partial charge in [-0.3, -0.25) is 19.7 Å². The fourth-order valence-electron chi connectivity index (χ4n) is 3.36. The minimum Gasteiger partial charge on any atom is -0.504 e. The Morgan fingerprint density at radius 1 is 0.923 bits per heavy atom. The van der Waals surface area contributed by atoms with Crippen LogP contribution < -0.4 is 14.9 Å². The van der Waals surface area contributed by atoms with Gasteiger partial charge in [-0.1, -0.05) is 36.4 Å². The van der Waals surface area contributed by atoms with Gasteiger partial charge in [-0.2, -0.15) is 5.10 Å². The number of aromatic hydroxyl groups is 2. The van der Waals surface area contributed by atoms with E-state index in [9.17, 15) is 29.9 Å². The summed E-state index contributed by atoms with van der Waals surface area (Å²) in [5.74, 6) is -0.792. The van der Waals surface area contributed by atoms with Crippen molar-refractivity contribution in [3.63, 3.8) is 0 Å². The van der Waals surface area contributed by atoms with E-state index >= 15 is 0 Å². The van der Waals surface area contributed by atoms with Gasteiger partial charge in [0.15, 0.2) is 28.8 Å². The number of hydrazone groups is 1. The van der Waals surface area contributed by atoms with E-state index in [-0.39, 0.29) is 52.2 Å². The second kappa shape index (κ2) is 13.2. The summed E-state index contributed by atoms with van der Waals surface area (Å²) < 4.78 is 10.2. The minimum atomic E-state index is -0.821. The van der Waals surface area contributed by atoms with Gasteiger partial charge in [-0.15, -0.1) is 0 Å². The third-order valence-electron chi connectivity index (χ3n) is 5.34. The molecule has 200 valence electrons. The summed E-state index contributed by atoms with van der Waals surface area (Å²) in [4.78, 5) is 36.0. The number of allylic oxidation sites excluding steroid dienone is 2. The number of nitro groups is 1. The highest BCUT2D eigenvalue weighted by molar-refractivity contribution is 6.13. The van der Waals surface area contributed by atoms with Crippen LogP contribution in [0.5, 0.6) is 23.0 Å². The van der Waals surface area contributed by atoms with Crippen LogP contribution in [0.2, 0.25) is 0 Å². The number of phenols is 2. The number of rotatable bonds is 11. The molecule has 3 aromatic carbocycles. The summed E-state index contributed by atoms with van der Waals surface area (Å²) in [6.45, 7) is 0. The number of nitro benzene ring substituents is 1. The van der Waals surface area contributed by atoms with Crippen LogP contribution in [0.4, 0.5) is 5.69 Å². The van der Waals surface area contributed by atoms with Crippen molar-refractivity contribution < 1.29 is 34.2 Å². The Labute approximate surface area is 223 Å². The number of amides is 1. The lowest BCUT2D eigenvalue weighted by Crippen LogP contribution is -2.21. The summed E-state index contributed by atoms with van der Waals surface area (Å²) >= 11 is 0. The highest BCUT2D eigenvalue weighted by Crippen LogP contribution is 2.27. The zero-order valence-corrected chi connectivity index (χ0v) is 21.0. The molecule has 11 heteroatoms. The molecule has 1 amide bonds. The Bertz CT molecular complexity index is 1480. The van der Waals surface area contributed by atoms with Crippen LogP contribution >= 0.6 is 0 Å². The van der Waals surface area contributed by atoms with Crippen molar-refractivity contribution in [3.8, 4) is 23.0 Å². The maximum Gasteiger partial charge on any atom is 0.282 e. The lowest BCUT2D eigenvalue weighted by atomic mass is 10.1. The number of nitrogens with zero attached hydrogens (tertiary/aromatic N) is 2. The van der Waals surface area contributed by atoms with Crippen LogP contribution in [0.3, 0.4) is 0 Å². The second-order valence-corrected chi connectivity index (χ2v) is 7.99. The van der Waals surface area contributed by atoms with Gasteiger partial charge >= 0.3 is 0 Å². The smallest absolute Gasteiger partial charge is 0.282 e. The zero-order chi connectivity index (χ0) is 28.4. The van der Waals surface area contributed by atoms with Crippen LogP contribution in [0.15, 0.2) is 77.9 Å². The van der Waals surface area contributed by atoms with E-state index in [1.54, 1.807) is 30.3 Å². The van der Waals surface area contributed by atoms with Crippen molar-refractivity contribution in [2.24, 2.45) is 5.10 Å². The number of methoxy groups -OCH3 is 2. The molecule has 0 heterocycles. The van der Waals surface area contributed by atoms with Gasteiger partial charge in [-0.05, 0) is 53.6 Å². The predicted octanol–water partition coefficient (Wildman–Crippen LogP) is 4.50. The topological polar surface area (TPSA) is 161 Å². The van der Waals surface area contributed by atoms with E-state index in [4.69, 9.17) is 9.47 Å². The van der Waals surface area contributed by atoms with E-state index in [1.165, 1.54) is 68.8 Å². The lowest BCUT2D eigenvalue weighted by Gasteiger charge is -2.05. The number of ether oxygens (including phenoxy) is 2. The molecule has 3 rings (SSSR count). The maximum atomic E-state index is 12.7. The number of carbonyl (C=O) groups excluding carboxylic acids is 2. The third-order valence-corrected chi connectivity index (χ3v) is 5.34. The molecule has 0 unspecified atom stereocenters. The number of para-hydroxylation sites is 1. The first kappa shape index (κ1) is 28.1. The highest BCUT2D eigenvalue weighted by Gasteiger charge is 2.19. The molecule has 0 saturated carbocycles. The SMILES string of the molecule is COc1cc(/C=C/C(=O)CC(/C=C/c2ccc(O)c(OC)c2)=N/NC(=O)c2ccccc2[N+](=O)[O-])ccc1O. The number of hydrogen-bond donors (Lipinski definition) is 3. The number of benzene rings is 3. The maximum absolute atomic E-state index is 12.7. The molecule has 0 aliphatic carbocycles. The first-order chi connectivity index (χ1) is 18.7. The van der Waals surface area contributed by atoms with E-state index < -0.39 is 10.8 Å². The molecular weight excluding hydrogens is 506 g/mol. The molecule has 0 saturated heterocycles. The number of hydrogen-bond acceptors (Lipinski definition) is 9. The van der Waals surface area contributed by atoms with Gasteiger partial charge in [0.2, 0.25) is 0 Å². The van der Waals surface area contributed by atoms with Crippen LogP contribution in [-0.4, -0.2) is 46.8 Å². The number of phenolic OH excluding ortho intramolecular Hbond substituents is 2. The Hall–Kier alpha value is -5.45. The molecule has 0 atom stereocenters. The van der Waals surface area contributed by atoms with Gasteiger partial charge in [0.1, 0.15) is 5.56 Å². The molecule has 0 bridgehead atoms. The van der Waals surface area contributed by atoms with Gasteiger partial charge in [0, 0.05) is 6.07 Å². The largest absolute Gasteiger partial charge is 0.504 e. The molecule has 0 aliphatic rings. The Morgan fingerprint density at radius 3 is 2.05 bits per heavy atom. The van der Waals surface area contributed by atoms with Crippen molar-refractivity contribution in [1.29, 1.82) is 0 Å². The first-order valence-electron chi connectivity index (χ1n) is 11.4. The third kappa shape index (κ3) is 7.76. The Balaban J connectivity index is 1.85. The Kier molecular flexibility index (Phi) is 9.52. The van der Waals surface area contributed by atoms with E-state index in [0.717, 1.165) is 0 Å². The summed E-state index contributed by atoms with van der Waals surface area (Å²) in [6.07, 6.45) is 5.69. The van der Waals surface area contributed by atoms with Gasteiger partial charge in [-0.25, -0.2) is 5.43 Å². The molecule has 0 spiro atoms. The van der Waals surface area contributed by atoms with Crippen LogP contribution in [0, 0.1) is 10.1 Å². The minimum absolute atomic E-state index is 0.0409. The average Bonchev–Trinajstić information content (AvgIpc) is 2.94. The first-order valence-corrected chi connectivity index (χ1v) is 11.4. The molecule has 0 aliphatic heterocycles. The highest BCUT2D eigenvalue weighted by atomic mass is 16.6. The molecule has 0 fully saturated rings. The normalized spacial score (nSPS) is 11.5. The monoisotopic (exact) mass is 531 g/mol. The molecule has 3 aromatic rings. The second-order valence-electron chi connectivity index (χ2n) is 7.99. The summed E-state index contributed by atoms with van der Waals surface area (Å²) in [5.41, 5.74) is 3.06. The van der Waals surface area contributed by atoms with E-state index in [2.05, 4.69) is 10.5 Å². The van der Waals surface area contributed by atoms with Crippen molar-refractivity contribution in [2.45, 2.75) is 6.42 Å². The molecule has 11 nitrogen and oxygen atoms in total. The van der Waals surface area contributed by atoms with Crippen molar-refractivity contribution in [1.82, 2.24) is 5.43 Å². The van der Waals surface area contributed by atoms with Gasteiger partial charge in [0.05, 0.1) is 31.3 Å². The van der Waals surface area contributed by atoms with Crippen LogP contribution in [-0.2, 0) is 4.79 Å². The van der Waals surface area contributed by atoms with E-state index in [1.807, 2.05) is 0 Å².